The highest BCUT2D eigenvalue weighted by Crippen LogP contribution is 2.24. The molecule has 2 heterocycles. The predicted octanol–water partition coefficient (Wildman–Crippen LogP) is 6.06. The summed E-state index contributed by atoms with van der Waals surface area (Å²) in [5.41, 5.74) is 9.26. The summed E-state index contributed by atoms with van der Waals surface area (Å²) in [6.07, 6.45) is 10.7. The fourth-order valence-electron chi connectivity index (χ4n) is 5.19. The predicted molar refractivity (Wildman–Crippen MR) is 163 cm³/mol. The highest BCUT2D eigenvalue weighted by atomic mass is 16.2. The molecule has 6 nitrogen and oxygen atoms in total. The maximum atomic E-state index is 9.97. The SMILES string of the molecule is C=C/C(=C(C)\C(=C\O)NCCC(C)CC)N1CCC(=C/C)/C(=N\CNc2ccc3c(c2)CCN(C)CC3)C1. The quantitative estimate of drug-likeness (QED) is 0.245. The van der Waals surface area contributed by atoms with Crippen LogP contribution >= 0.6 is 0 Å². The van der Waals surface area contributed by atoms with Gasteiger partial charge in [0.15, 0.2) is 0 Å². The molecule has 0 spiro atoms. The number of anilines is 1. The van der Waals surface area contributed by atoms with Crippen molar-refractivity contribution < 1.29 is 5.11 Å². The fourth-order valence-corrected chi connectivity index (χ4v) is 5.19. The molecule has 0 aromatic heterocycles. The summed E-state index contributed by atoms with van der Waals surface area (Å²) >= 11 is 0. The number of nitrogens with one attached hydrogen (secondary N) is 2. The van der Waals surface area contributed by atoms with Crippen molar-refractivity contribution in [3.8, 4) is 0 Å². The van der Waals surface area contributed by atoms with E-state index >= 15 is 0 Å². The molecule has 1 atom stereocenters. The molecule has 6 heteroatoms. The van der Waals surface area contributed by atoms with Gasteiger partial charge in [-0.3, -0.25) is 4.99 Å². The summed E-state index contributed by atoms with van der Waals surface area (Å²) < 4.78 is 0. The van der Waals surface area contributed by atoms with Gasteiger partial charge >= 0.3 is 0 Å². The molecule has 0 saturated carbocycles. The van der Waals surface area contributed by atoms with E-state index in [0.717, 1.165) is 93.2 Å². The molecule has 38 heavy (non-hydrogen) atoms. The lowest BCUT2D eigenvalue weighted by atomic mass is 9.99. The number of piperidine rings is 1. The van der Waals surface area contributed by atoms with Gasteiger partial charge in [0.05, 0.1) is 18.0 Å². The van der Waals surface area contributed by atoms with Gasteiger partial charge in [0.1, 0.15) is 12.9 Å². The van der Waals surface area contributed by atoms with E-state index in [4.69, 9.17) is 4.99 Å². The average Bonchev–Trinajstić information content (AvgIpc) is 3.12. The van der Waals surface area contributed by atoms with Gasteiger partial charge in [0.25, 0.3) is 0 Å². The second-order valence-electron chi connectivity index (χ2n) is 10.7. The summed E-state index contributed by atoms with van der Waals surface area (Å²) in [7, 11) is 2.20. The fraction of sp³-hybridized carbons (Fsp3) is 0.531. The highest BCUT2D eigenvalue weighted by Gasteiger charge is 2.22. The number of aliphatic hydroxyl groups excluding tert-OH is 1. The second-order valence-corrected chi connectivity index (χ2v) is 10.7. The molecule has 0 aliphatic carbocycles. The monoisotopic (exact) mass is 519 g/mol. The van der Waals surface area contributed by atoms with E-state index in [1.54, 1.807) is 0 Å². The van der Waals surface area contributed by atoms with Crippen LogP contribution in [0.2, 0.25) is 0 Å². The van der Waals surface area contributed by atoms with E-state index in [1.165, 1.54) is 23.0 Å². The lowest BCUT2D eigenvalue weighted by Gasteiger charge is -2.34. The number of hydrogen-bond acceptors (Lipinski definition) is 6. The number of nitrogens with zero attached hydrogens (tertiary/aromatic N) is 3. The van der Waals surface area contributed by atoms with Crippen LogP contribution in [0, 0.1) is 5.92 Å². The minimum absolute atomic E-state index is 0.546. The van der Waals surface area contributed by atoms with E-state index in [-0.39, 0.29) is 0 Å². The third-order valence-electron chi connectivity index (χ3n) is 8.10. The van der Waals surface area contributed by atoms with Crippen LogP contribution in [-0.4, -0.2) is 67.1 Å². The van der Waals surface area contributed by atoms with Crippen LogP contribution < -0.4 is 10.6 Å². The zero-order valence-corrected chi connectivity index (χ0v) is 24.3. The van der Waals surface area contributed by atoms with Crippen LogP contribution in [0.1, 0.15) is 58.1 Å². The van der Waals surface area contributed by atoms with Crippen molar-refractivity contribution in [3.63, 3.8) is 0 Å². The Morgan fingerprint density at radius 3 is 2.63 bits per heavy atom. The van der Waals surface area contributed by atoms with E-state index in [0.29, 0.717) is 12.6 Å². The Labute approximate surface area is 230 Å². The van der Waals surface area contributed by atoms with Gasteiger partial charge in [0.2, 0.25) is 0 Å². The van der Waals surface area contributed by atoms with Gasteiger partial charge in [-0.2, -0.15) is 0 Å². The number of aliphatic imine (C=N–C) groups is 1. The van der Waals surface area contributed by atoms with Crippen molar-refractivity contribution >= 4 is 11.4 Å². The minimum atomic E-state index is 0.546. The number of likely N-dealkylation sites (N-methyl/N-ethyl adjacent to an activating group) is 1. The smallest absolute Gasteiger partial charge is 0.108 e. The molecular weight excluding hydrogens is 470 g/mol. The Morgan fingerprint density at radius 1 is 1.18 bits per heavy atom. The molecule has 2 aliphatic heterocycles. The third-order valence-corrected chi connectivity index (χ3v) is 8.10. The van der Waals surface area contributed by atoms with Crippen LogP contribution in [0.4, 0.5) is 5.69 Å². The first-order valence-corrected chi connectivity index (χ1v) is 14.3. The number of hydrogen-bond donors (Lipinski definition) is 3. The van der Waals surface area contributed by atoms with Crippen molar-refractivity contribution in [3.05, 3.63) is 76.9 Å². The molecule has 3 N–H and O–H groups in total. The number of likely N-dealkylation sites (tertiary alicyclic amines) is 1. The van der Waals surface area contributed by atoms with Gasteiger partial charge in [-0.1, -0.05) is 39.0 Å². The Hall–Kier alpha value is -2.99. The zero-order valence-electron chi connectivity index (χ0n) is 24.3. The van der Waals surface area contributed by atoms with Gasteiger partial charge in [0, 0.05) is 37.6 Å². The Bertz CT molecular complexity index is 1070. The van der Waals surface area contributed by atoms with Crippen LogP contribution in [-0.2, 0) is 12.8 Å². The van der Waals surface area contributed by atoms with E-state index in [9.17, 15) is 5.11 Å². The molecule has 1 unspecified atom stereocenters. The second kappa shape index (κ2) is 14.8. The Kier molecular flexibility index (Phi) is 11.5. The van der Waals surface area contributed by atoms with Gasteiger partial charge in [-0.25, -0.2) is 0 Å². The molecule has 0 radical (unpaired) electrons. The molecular formula is C32H49N5O. The minimum Gasteiger partial charge on any atom is -0.513 e. The van der Waals surface area contributed by atoms with Gasteiger partial charge < -0.3 is 25.5 Å². The molecule has 1 aromatic carbocycles. The highest BCUT2D eigenvalue weighted by molar-refractivity contribution is 6.02. The summed E-state index contributed by atoms with van der Waals surface area (Å²) in [6.45, 7) is 18.0. The summed E-state index contributed by atoms with van der Waals surface area (Å²) in [5.74, 6) is 0.659. The summed E-state index contributed by atoms with van der Waals surface area (Å²) in [5, 5.41) is 16.9. The van der Waals surface area contributed by atoms with Crippen LogP contribution in [0.5, 0.6) is 0 Å². The topological polar surface area (TPSA) is 63.1 Å². The van der Waals surface area contributed by atoms with Crippen LogP contribution in [0.3, 0.4) is 0 Å². The van der Waals surface area contributed by atoms with Crippen molar-refractivity contribution in [1.82, 2.24) is 15.1 Å². The number of rotatable bonds is 11. The van der Waals surface area contributed by atoms with Crippen LogP contribution in [0.25, 0.3) is 0 Å². The lowest BCUT2D eigenvalue weighted by molar-refractivity contribution is 0.352. The van der Waals surface area contributed by atoms with Crippen molar-refractivity contribution in [2.75, 3.05) is 51.8 Å². The molecule has 1 fully saturated rings. The molecule has 1 aromatic rings. The number of aliphatic hydroxyl groups is 1. The number of fused-ring (bicyclic) bond motifs is 1. The molecule has 0 bridgehead atoms. The molecule has 208 valence electrons. The summed E-state index contributed by atoms with van der Waals surface area (Å²) in [6, 6.07) is 6.77. The zero-order chi connectivity index (χ0) is 27.5. The average molecular weight is 520 g/mol. The van der Waals surface area contributed by atoms with E-state index in [1.807, 2.05) is 6.08 Å². The molecule has 2 aliphatic rings. The first-order chi connectivity index (χ1) is 18.4. The molecule has 3 rings (SSSR count). The maximum Gasteiger partial charge on any atom is 0.108 e. The normalized spacial score (nSPS) is 20.6. The maximum absolute atomic E-state index is 9.97. The van der Waals surface area contributed by atoms with Gasteiger partial charge in [-0.05, 0) is 93.0 Å². The van der Waals surface area contributed by atoms with Crippen molar-refractivity contribution in [2.24, 2.45) is 10.9 Å². The van der Waals surface area contributed by atoms with Crippen molar-refractivity contribution in [2.45, 2.75) is 59.8 Å². The molecule has 0 amide bonds. The summed E-state index contributed by atoms with van der Waals surface area (Å²) in [4.78, 5) is 9.73. The van der Waals surface area contributed by atoms with Crippen LogP contribution in [0.15, 0.2) is 70.7 Å². The van der Waals surface area contributed by atoms with Crippen molar-refractivity contribution in [1.29, 1.82) is 0 Å². The largest absolute Gasteiger partial charge is 0.513 e. The number of benzene rings is 1. The van der Waals surface area contributed by atoms with Gasteiger partial charge in [-0.15, -0.1) is 0 Å². The van der Waals surface area contributed by atoms with E-state index in [2.05, 4.69) is 86.0 Å². The first kappa shape index (κ1) is 29.6. The number of allylic oxidation sites excluding steroid dienone is 3. The third kappa shape index (κ3) is 8.00. The Morgan fingerprint density at radius 2 is 1.95 bits per heavy atom. The molecule has 1 saturated heterocycles. The first-order valence-electron chi connectivity index (χ1n) is 14.3. The lowest BCUT2D eigenvalue weighted by Crippen LogP contribution is -2.37. The Balaban J connectivity index is 1.69. The standard InChI is InChI=1S/C32H49N5O/c1-7-24(4)12-16-33-31(22-38)25(5)32(9-3)37-19-15-26(8-2)30(21-37)35-23-34-29-11-10-27-13-17-36(6)18-14-28(27)20-29/h8-11,20,22,24,33-34,38H,3,7,12-19,21,23H2,1-2,4-6H3/b26-8-,31-22-,32-25+,35-30-. The van der Waals surface area contributed by atoms with E-state index < -0.39 is 0 Å².